The second kappa shape index (κ2) is 30.4. The minimum Gasteiger partial charge on any atom is -0.391 e. The summed E-state index contributed by atoms with van der Waals surface area (Å²) >= 11 is 0. The van der Waals surface area contributed by atoms with E-state index in [0.29, 0.717) is 51.6 Å². The first-order valence-corrected chi connectivity index (χ1v) is 23.9. The number of aliphatic hydroxyl groups excluding tert-OH is 1. The molecule has 1 aliphatic rings. The number of guanidine groups is 1. The zero-order valence-electron chi connectivity index (χ0n) is 42.4. The number of carbonyl (C=O) groups excluding carboxylic acids is 10. The molecule has 24 heteroatoms. The molecule has 0 radical (unpaired) electrons. The van der Waals surface area contributed by atoms with Crippen LogP contribution in [0.5, 0.6) is 0 Å². The van der Waals surface area contributed by atoms with Crippen LogP contribution in [0.4, 0.5) is 0 Å². The number of carbonyl (C=O) groups is 10. The summed E-state index contributed by atoms with van der Waals surface area (Å²) in [6.45, 7) is 14.6. The van der Waals surface area contributed by atoms with Crippen LogP contribution < -0.4 is 48.7 Å². The number of aliphatic hydroxyl groups is 1. The summed E-state index contributed by atoms with van der Waals surface area (Å²) in [6, 6.07) is -8.25. The molecule has 1 aliphatic heterocycles. The van der Waals surface area contributed by atoms with Crippen molar-refractivity contribution in [2.24, 2.45) is 28.3 Å². The van der Waals surface area contributed by atoms with Crippen molar-refractivity contribution in [3.05, 3.63) is 0 Å². The highest BCUT2D eigenvalue weighted by molar-refractivity contribution is 5.98. The molecule has 0 aromatic carbocycles. The summed E-state index contributed by atoms with van der Waals surface area (Å²) < 4.78 is 0. The Kier molecular flexibility index (Phi) is 26.9. The molecule has 12 N–H and O–H groups in total. The molecule has 0 aliphatic carbocycles. The van der Waals surface area contributed by atoms with E-state index in [1.807, 2.05) is 6.92 Å². The second-order valence-corrected chi connectivity index (χ2v) is 17.7. The predicted molar refractivity (Wildman–Crippen MR) is 257 cm³/mol. The number of hydrogen-bond donors (Lipinski definition) is 10. The molecule has 0 aromatic heterocycles. The molecule has 0 unspecified atom stereocenters. The standard InChI is InChI=1S/C45H81N13O11/c1-12-18-30(39(64)54-35(25(5)13-2)41(66)52-31(19-16-21-49-45(46)47)44(69)58-22-17-20-32(58)40(65)48-15-4)51-43(68)37(28(8)59)55-42(67)36(26(6)14-3)53-38(63)27(7)57(11)34(62)23-50-33(61)24-56(10)29(9)60/h25-28,30-32,35-37,59H,12-24H2,1-11H3,(H,48,65)(H,50,61)(H,51,68)(H,52,66)(H,53,63)(H,54,64)(H,55,67)(H4,46,47,49)/t25-,26-,27-,28+,30-,31-,32-,35-,36-,37-/m0/s1. The Hall–Kier alpha value is -6.07. The fourth-order valence-corrected chi connectivity index (χ4v) is 7.29. The number of nitrogens with one attached hydrogen (secondary N) is 7. The average molecular weight is 980 g/mol. The lowest BCUT2D eigenvalue weighted by Crippen LogP contribution is -2.62. The molecule has 0 aromatic rings. The highest BCUT2D eigenvalue weighted by atomic mass is 16.3. The number of hydrogen-bond acceptors (Lipinski definition) is 12. The Morgan fingerprint density at radius 2 is 1.26 bits per heavy atom. The lowest BCUT2D eigenvalue weighted by atomic mass is 9.96. The monoisotopic (exact) mass is 980 g/mol. The van der Waals surface area contributed by atoms with Gasteiger partial charge in [-0.25, -0.2) is 0 Å². The van der Waals surface area contributed by atoms with Crippen molar-refractivity contribution in [2.75, 3.05) is 46.8 Å². The third kappa shape index (κ3) is 19.8. The van der Waals surface area contributed by atoms with E-state index in [1.54, 1.807) is 34.6 Å². The van der Waals surface area contributed by atoms with E-state index in [4.69, 9.17) is 11.5 Å². The van der Waals surface area contributed by atoms with Crippen LogP contribution in [-0.4, -0.2) is 180 Å². The molecular weight excluding hydrogens is 899 g/mol. The topological polar surface area (TPSA) is 349 Å². The van der Waals surface area contributed by atoms with E-state index in [2.05, 4.69) is 42.2 Å². The maximum Gasteiger partial charge on any atom is 0.245 e. The average Bonchev–Trinajstić information content (AvgIpc) is 3.80. The van der Waals surface area contributed by atoms with Gasteiger partial charge in [0, 0.05) is 40.7 Å². The van der Waals surface area contributed by atoms with E-state index < -0.39 is 114 Å². The molecule has 1 rings (SSSR count). The fourth-order valence-electron chi connectivity index (χ4n) is 7.29. The predicted octanol–water partition coefficient (Wildman–Crippen LogP) is -2.69. The van der Waals surface area contributed by atoms with Gasteiger partial charge in [0.1, 0.15) is 42.3 Å². The largest absolute Gasteiger partial charge is 0.391 e. The van der Waals surface area contributed by atoms with Gasteiger partial charge in [-0.05, 0) is 64.7 Å². The first-order chi connectivity index (χ1) is 32.4. The molecule has 1 saturated heterocycles. The lowest BCUT2D eigenvalue weighted by molar-refractivity contribution is -0.142. The van der Waals surface area contributed by atoms with Gasteiger partial charge in [-0.3, -0.25) is 52.9 Å². The number of amides is 10. The van der Waals surface area contributed by atoms with Gasteiger partial charge in [0.05, 0.1) is 19.2 Å². The van der Waals surface area contributed by atoms with Crippen LogP contribution >= 0.6 is 0 Å². The summed E-state index contributed by atoms with van der Waals surface area (Å²) in [5.74, 6) is -7.37. The van der Waals surface area contributed by atoms with Gasteiger partial charge in [-0.15, -0.1) is 0 Å². The van der Waals surface area contributed by atoms with Crippen LogP contribution in [0.15, 0.2) is 4.99 Å². The van der Waals surface area contributed by atoms with Gasteiger partial charge in [0.2, 0.25) is 59.1 Å². The normalized spacial score (nSPS) is 17.1. The van der Waals surface area contributed by atoms with Gasteiger partial charge >= 0.3 is 0 Å². The number of likely N-dealkylation sites (N-methyl/N-ethyl adjacent to an activating group) is 3. The molecule has 0 saturated carbocycles. The number of aliphatic imine (C=N–C) groups is 1. The van der Waals surface area contributed by atoms with Crippen LogP contribution in [0.2, 0.25) is 0 Å². The SMILES string of the molecule is CCC[C@H](NC(=O)[C@@H](NC(=O)[C@@H](NC(=O)[C@H](C)N(C)C(=O)CNC(=O)CN(C)C(C)=O)[C@@H](C)CC)[C@@H](C)O)C(=O)N[C@H](C(=O)N[C@@H](CCCN=C(N)N)C(=O)N1CCC[C@H]1C(=O)NCC)[C@@H](C)CC. The molecule has 10 atom stereocenters. The first-order valence-electron chi connectivity index (χ1n) is 23.9. The smallest absolute Gasteiger partial charge is 0.245 e. The van der Waals surface area contributed by atoms with E-state index in [1.165, 1.54) is 39.8 Å². The van der Waals surface area contributed by atoms with Crippen molar-refractivity contribution < 1.29 is 53.1 Å². The van der Waals surface area contributed by atoms with Crippen molar-refractivity contribution in [2.45, 2.75) is 162 Å². The van der Waals surface area contributed by atoms with Crippen molar-refractivity contribution in [3.63, 3.8) is 0 Å². The molecule has 10 amide bonds. The second-order valence-electron chi connectivity index (χ2n) is 17.7. The maximum atomic E-state index is 14.1. The molecule has 1 heterocycles. The zero-order valence-corrected chi connectivity index (χ0v) is 42.4. The van der Waals surface area contributed by atoms with Gasteiger partial charge in [-0.1, -0.05) is 53.9 Å². The molecule has 0 bridgehead atoms. The lowest BCUT2D eigenvalue weighted by Gasteiger charge is -2.32. The Morgan fingerprint density at radius 1 is 0.725 bits per heavy atom. The number of likely N-dealkylation sites (tertiary alicyclic amines) is 1. The Balaban J connectivity index is 3.27. The van der Waals surface area contributed by atoms with Crippen molar-refractivity contribution >= 4 is 65.0 Å². The first kappa shape index (κ1) is 60.9. The minimum atomic E-state index is -1.62. The molecular formula is C45H81N13O11. The number of nitrogens with two attached hydrogens (primary N) is 2. The summed E-state index contributed by atoms with van der Waals surface area (Å²) in [7, 11) is 2.76. The molecule has 69 heavy (non-hydrogen) atoms. The molecule has 24 nitrogen and oxygen atoms in total. The van der Waals surface area contributed by atoms with Crippen molar-refractivity contribution in [3.8, 4) is 0 Å². The van der Waals surface area contributed by atoms with Crippen LogP contribution in [0.25, 0.3) is 0 Å². The third-order valence-corrected chi connectivity index (χ3v) is 12.3. The van der Waals surface area contributed by atoms with Crippen LogP contribution in [0.3, 0.4) is 0 Å². The van der Waals surface area contributed by atoms with E-state index >= 15 is 0 Å². The summed E-state index contributed by atoms with van der Waals surface area (Å²) in [5, 5.41) is 29.2. The quantitative estimate of drug-likeness (QED) is 0.0208. The molecule has 0 spiro atoms. The summed E-state index contributed by atoms with van der Waals surface area (Å²) in [6.07, 6.45) is 1.24. The van der Waals surface area contributed by atoms with Crippen LogP contribution in [0.1, 0.15) is 114 Å². The van der Waals surface area contributed by atoms with Gasteiger partial charge in [0.15, 0.2) is 5.96 Å². The third-order valence-electron chi connectivity index (χ3n) is 12.3. The van der Waals surface area contributed by atoms with Crippen molar-refractivity contribution in [1.29, 1.82) is 0 Å². The molecule has 392 valence electrons. The van der Waals surface area contributed by atoms with Gasteiger partial charge < -0.3 is 68.5 Å². The van der Waals surface area contributed by atoms with Gasteiger partial charge in [0.25, 0.3) is 0 Å². The van der Waals surface area contributed by atoms with E-state index in [9.17, 15) is 53.1 Å². The zero-order chi connectivity index (χ0) is 52.7. The Morgan fingerprint density at radius 3 is 1.78 bits per heavy atom. The van der Waals surface area contributed by atoms with E-state index in [-0.39, 0.29) is 43.7 Å². The summed E-state index contributed by atoms with van der Waals surface area (Å²) in [4.78, 5) is 140. The highest BCUT2D eigenvalue weighted by Crippen LogP contribution is 2.21. The number of nitrogens with zero attached hydrogens (tertiary/aromatic N) is 4. The minimum absolute atomic E-state index is 0.0871. The van der Waals surface area contributed by atoms with E-state index in [0.717, 1.165) is 9.80 Å². The Bertz CT molecular complexity index is 1810. The maximum absolute atomic E-state index is 14.1. The van der Waals surface area contributed by atoms with Crippen molar-refractivity contribution in [1.82, 2.24) is 51.9 Å². The van der Waals surface area contributed by atoms with Gasteiger partial charge in [-0.2, -0.15) is 0 Å². The summed E-state index contributed by atoms with van der Waals surface area (Å²) in [5.41, 5.74) is 11.0. The Labute approximate surface area is 406 Å². The number of rotatable bonds is 29. The van der Waals surface area contributed by atoms with Crippen LogP contribution in [0, 0.1) is 11.8 Å². The fraction of sp³-hybridized carbons (Fsp3) is 0.756. The highest BCUT2D eigenvalue weighted by Gasteiger charge is 2.40. The molecule has 1 fully saturated rings. The van der Waals surface area contributed by atoms with Crippen LogP contribution in [-0.2, 0) is 47.9 Å².